The van der Waals surface area contributed by atoms with E-state index in [2.05, 4.69) is 10.2 Å². The molecule has 130 valence electrons. The van der Waals surface area contributed by atoms with Crippen molar-refractivity contribution in [1.82, 2.24) is 14.9 Å². The number of carboxylic acid groups (broad SMARTS) is 1. The number of nitrogens with zero attached hydrogens (tertiary/aromatic N) is 4. The molecule has 0 unspecified atom stereocenters. The Morgan fingerprint density at radius 3 is 2.84 bits per heavy atom. The van der Waals surface area contributed by atoms with E-state index in [1.54, 1.807) is 4.68 Å². The lowest BCUT2D eigenvalue weighted by atomic mass is 10.0. The summed E-state index contributed by atoms with van der Waals surface area (Å²) in [6.07, 6.45) is 1.64. The number of carbonyl (C=O) groups is 1. The van der Waals surface area contributed by atoms with Crippen molar-refractivity contribution in [2.75, 3.05) is 6.61 Å². The molecule has 1 fully saturated rings. The maximum absolute atomic E-state index is 11.2. The van der Waals surface area contributed by atoms with Crippen molar-refractivity contribution in [3.63, 3.8) is 0 Å². The summed E-state index contributed by atoms with van der Waals surface area (Å²) in [6, 6.07) is 7.89. The standard InChI is InChI=1S/C17H18N4O3S/c1-10-4-6-11(7-5-10)15-13(9-14(22)23)25-17-19-18-16(21(17)20-15)12-3-2-8-24-12/h4-7,12-13H,2-3,8-9H2,1H3,(H,22,23)/p-1/t12-,13-/m0/s1. The fourth-order valence-electron chi connectivity index (χ4n) is 3.04. The number of aliphatic carboxylic acids is 1. The number of carboxylic acids is 1. The van der Waals surface area contributed by atoms with Gasteiger partial charge in [0.15, 0.2) is 5.82 Å². The minimum absolute atomic E-state index is 0.109. The third-order valence-corrected chi connectivity index (χ3v) is 5.45. The van der Waals surface area contributed by atoms with E-state index in [1.165, 1.54) is 11.8 Å². The van der Waals surface area contributed by atoms with Gasteiger partial charge in [0.25, 0.3) is 0 Å². The molecule has 0 aliphatic carbocycles. The van der Waals surface area contributed by atoms with E-state index in [0.717, 1.165) is 24.0 Å². The van der Waals surface area contributed by atoms with Crippen LogP contribution in [0.1, 0.15) is 42.3 Å². The molecule has 2 aromatic rings. The average Bonchev–Trinajstić information content (AvgIpc) is 3.23. The molecule has 2 aliphatic heterocycles. The maximum Gasteiger partial charge on any atom is 0.212 e. The molecule has 0 bridgehead atoms. The highest BCUT2D eigenvalue weighted by Crippen LogP contribution is 2.35. The molecule has 4 rings (SSSR count). The summed E-state index contributed by atoms with van der Waals surface area (Å²) in [6.45, 7) is 2.72. The molecule has 0 spiro atoms. The second kappa shape index (κ2) is 6.61. The third kappa shape index (κ3) is 3.19. The van der Waals surface area contributed by atoms with Crippen LogP contribution < -0.4 is 5.11 Å². The quantitative estimate of drug-likeness (QED) is 0.819. The Hall–Kier alpha value is -2.19. The van der Waals surface area contributed by atoms with Gasteiger partial charge in [-0.05, 0) is 25.3 Å². The van der Waals surface area contributed by atoms with Crippen LogP contribution in [0.15, 0.2) is 34.5 Å². The van der Waals surface area contributed by atoms with Gasteiger partial charge in [0.2, 0.25) is 5.16 Å². The Morgan fingerprint density at radius 2 is 2.16 bits per heavy atom. The van der Waals surface area contributed by atoms with E-state index < -0.39 is 5.97 Å². The normalized spacial score (nSPS) is 22.5. The average molecular weight is 357 g/mol. The molecule has 8 heteroatoms. The Bertz CT molecular complexity index is 825. The summed E-state index contributed by atoms with van der Waals surface area (Å²) >= 11 is 1.35. The largest absolute Gasteiger partial charge is 0.550 e. The highest BCUT2D eigenvalue weighted by molar-refractivity contribution is 8.00. The smallest absolute Gasteiger partial charge is 0.212 e. The molecule has 2 aliphatic rings. The molecule has 25 heavy (non-hydrogen) atoms. The fourth-order valence-corrected chi connectivity index (χ4v) is 4.13. The highest BCUT2D eigenvalue weighted by atomic mass is 32.2. The van der Waals surface area contributed by atoms with Gasteiger partial charge in [-0.25, -0.2) is 0 Å². The number of aryl methyl sites for hydroxylation is 1. The van der Waals surface area contributed by atoms with Crippen molar-refractivity contribution in [1.29, 1.82) is 0 Å². The minimum Gasteiger partial charge on any atom is -0.550 e. The molecule has 0 radical (unpaired) electrons. The number of thioether (sulfide) groups is 1. The van der Waals surface area contributed by atoms with E-state index in [1.807, 2.05) is 31.2 Å². The van der Waals surface area contributed by atoms with E-state index in [0.29, 0.717) is 23.3 Å². The van der Waals surface area contributed by atoms with Crippen molar-refractivity contribution < 1.29 is 14.6 Å². The Morgan fingerprint density at radius 1 is 1.36 bits per heavy atom. The molecule has 0 N–H and O–H groups in total. The Labute approximate surface area is 149 Å². The predicted molar refractivity (Wildman–Crippen MR) is 90.3 cm³/mol. The summed E-state index contributed by atoms with van der Waals surface area (Å²) in [5.74, 6) is -0.430. The van der Waals surface area contributed by atoms with Crippen LogP contribution in [-0.2, 0) is 9.53 Å². The van der Waals surface area contributed by atoms with Gasteiger partial charge in [-0.1, -0.05) is 41.6 Å². The van der Waals surface area contributed by atoms with Gasteiger partial charge in [-0.2, -0.15) is 9.78 Å². The number of ether oxygens (including phenoxy) is 1. The predicted octanol–water partition coefficient (Wildman–Crippen LogP) is 1.30. The first kappa shape index (κ1) is 16.3. The summed E-state index contributed by atoms with van der Waals surface area (Å²) in [5.41, 5.74) is 2.72. The number of aromatic nitrogens is 3. The number of rotatable bonds is 4. The first-order chi connectivity index (χ1) is 12.1. The van der Waals surface area contributed by atoms with E-state index >= 15 is 0 Å². The number of carbonyl (C=O) groups excluding carboxylic acids is 1. The first-order valence-corrected chi connectivity index (χ1v) is 9.09. The van der Waals surface area contributed by atoms with Crippen molar-refractivity contribution in [3.8, 4) is 0 Å². The SMILES string of the molecule is Cc1ccc(C2=Nn3c(nnc3[C@@H]3CCCO3)S[C@H]2CC(=O)[O-])cc1. The van der Waals surface area contributed by atoms with Gasteiger partial charge in [0, 0.05) is 19.0 Å². The molecular weight excluding hydrogens is 340 g/mol. The lowest BCUT2D eigenvalue weighted by molar-refractivity contribution is -0.305. The lowest BCUT2D eigenvalue weighted by Crippen LogP contribution is -2.33. The van der Waals surface area contributed by atoms with E-state index in [9.17, 15) is 9.90 Å². The van der Waals surface area contributed by atoms with Crippen LogP contribution in [0.2, 0.25) is 0 Å². The number of benzene rings is 1. The van der Waals surface area contributed by atoms with E-state index in [-0.39, 0.29) is 17.8 Å². The zero-order chi connectivity index (χ0) is 17.4. The third-order valence-electron chi connectivity index (χ3n) is 4.31. The molecule has 3 heterocycles. The van der Waals surface area contributed by atoms with Crippen LogP contribution in [-0.4, -0.2) is 38.4 Å². The molecule has 1 aromatic heterocycles. The van der Waals surface area contributed by atoms with Crippen molar-refractivity contribution in [2.24, 2.45) is 5.10 Å². The molecule has 0 amide bonds. The van der Waals surface area contributed by atoms with Gasteiger partial charge < -0.3 is 14.6 Å². The van der Waals surface area contributed by atoms with Gasteiger partial charge in [0.05, 0.1) is 11.0 Å². The molecule has 7 nitrogen and oxygen atoms in total. The topological polar surface area (TPSA) is 92.4 Å². The maximum atomic E-state index is 11.2. The zero-order valence-electron chi connectivity index (χ0n) is 13.7. The summed E-state index contributed by atoms with van der Waals surface area (Å²) in [5, 5.41) is 24.5. The molecule has 1 saturated heterocycles. The Balaban J connectivity index is 1.76. The summed E-state index contributed by atoms with van der Waals surface area (Å²) in [4.78, 5) is 11.2. The van der Waals surface area contributed by atoms with Gasteiger partial charge in [0.1, 0.15) is 6.10 Å². The number of hydrogen-bond acceptors (Lipinski definition) is 7. The number of hydrogen-bond donors (Lipinski definition) is 0. The second-order valence-corrected chi connectivity index (χ2v) is 7.36. The molecule has 0 saturated carbocycles. The first-order valence-electron chi connectivity index (χ1n) is 8.21. The van der Waals surface area contributed by atoms with Crippen LogP contribution in [0.4, 0.5) is 0 Å². The van der Waals surface area contributed by atoms with Crippen LogP contribution in [0, 0.1) is 6.92 Å². The Kier molecular flexibility index (Phi) is 4.30. The van der Waals surface area contributed by atoms with Crippen molar-refractivity contribution in [3.05, 3.63) is 41.2 Å². The number of fused-ring (bicyclic) bond motifs is 1. The molecule has 2 atom stereocenters. The summed E-state index contributed by atoms with van der Waals surface area (Å²) in [7, 11) is 0. The fraction of sp³-hybridized carbons (Fsp3) is 0.412. The van der Waals surface area contributed by atoms with Crippen LogP contribution in [0.5, 0.6) is 0 Å². The van der Waals surface area contributed by atoms with Gasteiger partial charge >= 0.3 is 0 Å². The van der Waals surface area contributed by atoms with Crippen LogP contribution in [0.25, 0.3) is 0 Å². The highest BCUT2D eigenvalue weighted by Gasteiger charge is 2.32. The molecular formula is C17H17N4O3S-. The minimum atomic E-state index is -1.11. The van der Waals surface area contributed by atoms with Crippen molar-refractivity contribution in [2.45, 2.75) is 42.7 Å². The van der Waals surface area contributed by atoms with Crippen LogP contribution in [0.3, 0.4) is 0 Å². The lowest BCUT2D eigenvalue weighted by Gasteiger charge is -2.24. The summed E-state index contributed by atoms with van der Waals surface area (Å²) < 4.78 is 7.40. The molecule has 1 aromatic carbocycles. The van der Waals surface area contributed by atoms with E-state index in [4.69, 9.17) is 9.84 Å². The monoisotopic (exact) mass is 357 g/mol. The second-order valence-electron chi connectivity index (χ2n) is 6.19. The van der Waals surface area contributed by atoms with Gasteiger partial charge in [-0.3, -0.25) is 0 Å². The van der Waals surface area contributed by atoms with Crippen LogP contribution >= 0.6 is 11.8 Å². The zero-order valence-corrected chi connectivity index (χ0v) is 14.5. The van der Waals surface area contributed by atoms with Crippen molar-refractivity contribution >= 4 is 23.4 Å². The van der Waals surface area contributed by atoms with Gasteiger partial charge in [-0.15, -0.1) is 10.2 Å².